The van der Waals surface area contributed by atoms with E-state index in [1.165, 1.54) is 4.70 Å². The van der Waals surface area contributed by atoms with Gasteiger partial charge in [0.25, 0.3) is 0 Å². The van der Waals surface area contributed by atoms with E-state index in [1.807, 2.05) is 6.92 Å². The molecule has 0 atom stereocenters. The van der Waals surface area contributed by atoms with E-state index in [-0.39, 0.29) is 5.78 Å². The molecule has 0 N–H and O–H groups in total. The fraction of sp³-hybridized carbons (Fsp3) is 0.667. The van der Waals surface area contributed by atoms with Crippen LogP contribution < -0.4 is 0 Å². The van der Waals surface area contributed by atoms with Gasteiger partial charge < -0.3 is 4.79 Å². The highest BCUT2D eigenvalue weighted by Gasteiger charge is 1.83. The zero-order chi connectivity index (χ0) is 7.70. The molecule has 54 valence electrons. The zero-order valence-electron chi connectivity index (χ0n) is 5.76. The van der Waals surface area contributed by atoms with E-state index in [9.17, 15) is 4.79 Å². The van der Waals surface area contributed by atoms with E-state index in [1.54, 1.807) is 6.92 Å². The predicted octanol–water partition coefficient (Wildman–Crippen LogP) is 2.25. The number of ketones is 1. The highest BCUT2D eigenvalue weighted by molar-refractivity contribution is 8.08. The van der Waals surface area contributed by atoms with Crippen LogP contribution in [0.4, 0.5) is 0 Å². The molecular formula is C6H12OS2. The molecule has 0 radical (unpaired) electrons. The smallest absolute Gasteiger partial charge is 0.129 e. The molecule has 0 amide bonds. The van der Waals surface area contributed by atoms with Gasteiger partial charge in [-0.1, -0.05) is 19.1 Å². The highest BCUT2D eigenvalue weighted by Crippen LogP contribution is 1.84. The lowest BCUT2D eigenvalue weighted by Crippen LogP contribution is -1.84. The van der Waals surface area contributed by atoms with Gasteiger partial charge in [-0.15, -0.1) is 12.6 Å². The molecule has 3 heteroatoms. The van der Waals surface area contributed by atoms with E-state index in [2.05, 4.69) is 24.8 Å². The molecular weight excluding hydrogens is 152 g/mol. The summed E-state index contributed by atoms with van der Waals surface area (Å²) >= 11 is 7.61. The summed E-state index contributed by atoms with van der Waals surface area (Å²) in [7, 11) is 0. The van der Waals surface area contributed by atoms with Crippen LogP contribution in [0.3, 0.4) is 0 Å². The van der Waals surface area contributed by atoms with E-state index in [0.717, 1.165) is 12.8 Å². The van der Waals surface area contributed by atoms with Crippen LogP contribution in [0.2, 0.25) is 0 Å². The number of rotatable bonds is 2. The van der Waals surface area contributed by atoms with Crippen LogP contribution in [0.1, 0.15) is 26.7 Å². The molecule has 0 aliphatic rings. The van der Waals surface area contributed by atoms with E-state index < -0.39 is 0 Å². The summed E-state index contributed by atoms with van der Waals surface area (Å²) in [6, 6.07) is 0. The fourth-order valence-electron chi connectivity index (χ4n) is 0.352. The average Bonchev–Trinajstić information content (AvgIpc) is 1.67. The second-order valence-electron chi connectivity index (χ2n) is 1.56. The molecule has 1 nitrogen and oxygen atoms in total. The van der Waals surface area contributed by atoms with Gasteiger partial charge in [-0.2, -0.15) is 0 Å². The van der Waals surface area contributed by atoms with Crippen molar-refractivity contribution in [2.24, 2.45) is 0 Å². The summed E-state index contributed by atoms with van der Waals surface area (Å²) < 4.78 is 1.28. The summed E-state index contributed by atoms with van der Waals surface area (Å²) in [6.07, 6.45) is 1.72. The van der Waals surface area contributed by atoms with Crippen molar-refractivity contribution in [2.45, 2.75) is 26.7 Å². The number of hydrogen-bond acceptors (Lipinski definition) is 2. The van der Waals surface area contributed by atoms with Crippen LogP contribution in [0.15, 0.2) is 0 Å². The van der Waals surface area contributed by atoms with Crippen LogP contribution in [-0.4, -0.2) is 10.5 Å². The standard InChI is InChI=1S/C5H10O.CH2S2/c1-3-4-5(2)6;2-1-3/h3-4H2,1-2H3;1H,(H,2,3). The second kappa shape index (κ2) is 11.0. The van der Waals surface area contributed by atoms with Gasteiger partial charge >= 0.3 is 0 Å². The van der Waals surface area contributed by atoms with Crippen LogP contribution in [0.5, 0.6) is 0 Å². The Labute approximate surface area is 67.2 Å². The van der Waals surface area contributed by atoms with Crippen molar-refractivity contribution in [2.75, 3.05) is 0 Å². The van der Waals surface area contributed by atoms with E-state index >= 15 is 0 Å². The predicted molar refractivity (Wildman–Crippen MR) is 48.2 cm³/mol. The summed E-state index contributed by atoms with van der Waals surface area (Å²) in [5.74, 6) is 0.289. The highest BCUT2D eigenvalue weighted by atomic mass is 32.1. The summed E-state index contributed by atoms with van der Waals surface area (Å²) in [5.41, 5.74) is 0. The van der Waals surface area contributed by atoms with Crippen LogP contribution >= 0.6 is 24.8 Å². The SMILES string of the molecule is CCCC(C)=O.S=CS. The van der Waals surface area contributed by atoms with Crippen molar-refractivity contribution in [3.05, 3.63) is 0 Å². The minimum atomic E-state index is 0.289. The first-order chi connectivity index (χ1) is 4.18. The number of Topliss-reactive ketones (excluding diaryl/α,β-unsaturated/α-hetero) is 1. The van der Waals surface area contributed by atoms with Crippen LogP contribution in [0.25, 0.3) is 0 Å². The number of carbonyl (C=O) groups excluding carboxylic acids is 1. The lowest BCUT2D eigenvalue weighted by Gasteiger charge is -1.80. The van der Waals surface area contributed by atoms with Crippen molar-refractivity contribution in [1.29, 1.82) is 0 Å². The van der Waals surface area contributed by atoms with Crippen LogP contribution in [-0.2, 0) is 4.79 Å². The first-order valence-corrected chi connectivity index (χ1v) is 3.75. The molecule has 0 aromatic heterocycles. The largest absolute Gasteiger partial charge is 0.300 e. The monoisotopic (exact) mass is 164 g/mol. The number of thiol groups is 1. The van der Waals surface area contributed by atoms with Gasteiger partial charge in [0.1, 0.15) is 5.78 Å². The first kappa shape index (κ1) is 11.9. The summed E-state index contributed by atoms with van der Waals surface area (Å²) in [5, 5.41) is 0. The maximum Gasteiger partial charge on any atom is 0.129 e. The summed E-state index contributed by atoms with van der Waals surface area (Å²) in [6.45, 7) is 3.62. The third-order valence-corrected chi connectivity index (χ3v) is 0.602. The molecule has 0 heterocycles. The molecule has 0 unspecified atom stereocenters. The van der Waals surface area contributed by atoms with Crippen molar-refractivity contribution >= 4 is 35.3 Å². The third kappa shape index (κ3) is 31.3. The molecule has 0 bridgehead atoms. The van der Waals surface area contributed by atoms with Gasteiger partial charge in [0.2, 0.25) is 0 Å². The molecule has 0 aromatic rings. The van der Waals surface area contributed by atoms with Crippen molar-refractivity contribution in [1.82, 2.24) is 0 Å². The van der Waals surface area contributed by atoms with Gasteiger partial charge in [-0.3, -0.25) is 0 Å². The van der Waals surface area contributed by atoms with E-state index in [4.69, 9.17) is 0 Å². The number of carbonyl (C=O) groups is 1. The molecule has 0 rings (SSSR count). The quantitative estimate of drug-likeness (QED) is 0.498. The molecule has 0 saturated heterocycles. The Morgan fingerprint density at radius 3 is 2.11 bits per heavy atom. The Hall–Kier alpha value is 0.110. The molecule has 0 aromatic carbocycles. The minimum Gasteiger partial charge on any atom is -0.300 e. The Kier molecular flexibility index (Phi) is 14.5. The zero-order valence-corrected chi connectivity index (χ0v) is 7.47. The van der Waals surface area contributed by atoms with Crippen LogP contribution in [0, 0.1) is 0 Å². The lowest BCUT2D eigenvalue weighted by atomic mass is 10.3. The van der Waals surface area contributed by atoms with Crippen molar-refractivity contribution < 1.29 is 4.79 Å². The Balaban J connectivity index is 0. The molecule has 0 aliphatic carbocycles. The Morgan fingerprint density at radius 2 is 2.11 bits per heavy atom. The molecule has 0 spiro atoms. The Bertz CT molecular complexity index is 81.1. The number of hydrogen-bond donors (Lipinski definition) is 1. The molecule has 0 aliphatic heterocycles. The number of thiocarbonyl (C=S) groups is 1. The maximum absolute atomic E-state index is 10.0. The van der Waals surface area contributed by atoms with Gasteiger partial charge in [0, 0.05) is 11.1 Å². The fourth-order valence-corrected chi connectivity index (χ4v) is 0.352. The first-order valence-electron chi connectivity index (χ1n) is 2.76. The average molecular weight is 164 g/mol. The van der Waals surface area contributed by atoms with Crippen molar-refractivity contribution in [3.63, 3.8) is 0 Å². The second-order valence-corrected chi connectivity index (χ2v) is 2.40. The lowest BCUT2D eigenvalue weighted by molar-refractivity contribution is -0.117. The summed E-state index contributed by atoms with van der Waals surface area (Å²) in [4.78, 5) is 10.0. The molecule has 0 saturated carbocycles. The topological polar surface area (TPSA) is 17.1 Å². The maximum atomic E-state index is 10.0. The third-order valence-electron chi connectivity index (χ3n) is 0.602. The minimum absolute atomic E-state index is 0.289. The van der Waals surface area contributed by atoms with Gasteiger partial charge in [-0.05, 0) is 13.3 Å². The Morgan fingerprint density at radius 1 is 1.78 bits per heavy atom. The molecule has 9 heavy (non-hydrogen) atoms. The normalized spacial score (nSPS) is 7.00. The van der Waals surface area contributed by atoms with E-state index in [0.29, 0.717) is 0 Å². The van der Waals surface area contributed by atoms with Crippen molar-refractivity contribution in [3.8, 4) is 0 Å². The van der Waals surface area contributed by atoms with Gasteiger partial charge in [0.15, 0.2) is 0 Å². The molecule has 0 fully saturated rings. The van der Waals surface area contributed by atoms with Gasteiger partial charge in [0.05, 0.1) is 0 Å². The van der Waals surface area contributed by atoms with Gasteiger partial charge in [-0.25, -0.2) is 0 Å².